The topological polar surface area (TPSA) is 38.5 Å². The van der Waals surface area contributed by atoms with Crippen molar-refractivity contribution in [3.8, 4) is 5.75 Å². The summed E-state index contributed by atoms with van der Waals surface area (Å²) < 4.78 is 19.0. The van der Waals surface area contributed by atoms with Crippen molar-refractivity contribution in [2.75, 3.05) is 19.6 Å². The van der Waals surface area contributed by atoms with E-state index in [4.69, 9.17) is 22.7 Å². The van der Waals surface area contributed by atoms with Crippen LogP contribution in [0.3, 0.4) is 0 Å². The minimum Gasteiger partial charge on any atom is -0.488 e. The maximum atomic E-state index is 13.1. The number of nitrogens with two attached hydrogens (primary N) is 1. The van der Waals surface area contributed by atoms with Crippen LogP contribution in [0, 0.1) is 5.82 Å². The lowest BCUT2D eigenvalue weighted by atomic mass is 10.1. The highest BCUT2D eigenvalue weighted by Crippen LogP contribution is 2.29. The SMILES string of the molecule is CCCN(CC(N)=S)CC1Cc2cc(F)ccc2O1. The van der Waals surface area contributed by atoms with E-state index in [1.54, 1.807) is 12.1 Å². The van der Waals surface area contributed by atoms with Crippen molar-refractivity contribution in [3.05, 3.63) is 29.6 Å². The van der Waals surface area contributed by atoms with Gasteiger partial charge in [-0.25, -0.2) is 4.39 Å². The summed E-state index contributed by atoms with van der Waals surface area (Å²) in [7, 11) is 0. The zero-order valence-corrected chi connectivity index (χ0v) is 11.9. The highest BCUT2D eigenvalue weighted by Gasteiger charge is 2.25. The summed E-state index contributed by atoms with van der Waals surface area (Å²) in [6, 6.07) is 4.68. The van der Waals surface area contributed by atoms with Gasteiger partial charge in [-0.05, 0) is 31.2 Å². The second-order valence-electron chi connectivity index (χ2n) is 4.90. The van der Waals surface area contributed by atoms with Gasteiger partial charge in [-0.3, -0.25) is 4.90 Å². The molecule has 1 aliphatic rings. The molecule has 0 amide bonds. The molecule has 1 aromatic carbocycles. The lowest BCUT2D eigenvalue weighted by molar-refractivity contribution is 0.162. The zero-order valence-electron chi connectivity index (χ0n) is 11.1. The molecule has 19 heavy (non-hydrogen) atoms. The monoisotopic (exact) mass is 282 g/mol. The summed E-state index contributed by atoms with van der Waals surface area (Å²) in [4.78, 5) is 2.69. The minimum absolute atomic E-state index is 0.0534. The van der Waals surface area contributed by atoms with Gasteiger partial charge in [-0.1, -0.05) is 19.1 Å². The number of hydrogen-bond acceptors (Lipinski definition) is 3. The van der Waals surface area contributed by atoms with Crippen LogP contribution in [0.2, 0.25) is 0 Å². The average Bonchev–Trinajstić information content (AvgIpc) is 2.69. The van der Waals surface area contributed by atoms with E-state index in [1.807, 2.05) is 0 Å². The van der Waals surface area contributed by atoms with Gasteiger partial charge in [0.05, 0.1) is 4.99 Å². The molecule has 104 valence electrons. The van der Waals surface area contributed by atoms with E-state index in [0.29, 0.717) is 11.5 Å². The molecule has 1 atom stereocenters. The van der Waals surface area contributed by atoms with Crippen molar-refractivity contribution in [1.82, 2.24) is 4.90 Å². The highest BCUT2D eigenvalue weighted by atomic mass is 32.1. The predicted molar refractivity (Wildman–Crippen MR) is 78.0 cm³/mol. The van der Waals surface area contributed by atoms with Crippen LogP contribution in [-0.2, 0) is 6.42 Å². The van der Waals surface area contributed by atoms with E-state index in [2.05, 4.69) is 11.8 Å². The number of ether oxygens (including phenoxy) is 1. The normalized spacial score (nSPS) is 17.3. The molecule has 0 aromatic heterocycles. The van der Waals surface area contributed by atoms with E-state index < -0.39 is 0 Å². The molecule has 0 radical (unpaired) electrons. The third-order valence-corrected chi connectivity index (χ3v) is 3.27. The van der Waals surface area contributed by atoms with Crippen molar-refractivity contribution >= 4 is 17.2 Å². The Balaban J connectivity index is 1.95. The van der Waals surface area contributed by atoms with Crippen molar-refractivity contribution in [2.24, 2.45) is 5.73 Å². The van der Waals surface area contributed by atoms with E-state index in [0.717, 1.165) is 37.2 Å². The Morgan fingerprint density at radius 1 is 1.58 bits per heavy atom. The average molecular weight is 282 g/mol. The molecule has 1 aliphatic heterocycles. The second-order valence-corrected chi connectivity index (χ2v) is 5.42. The predicted octanol–water partition coefficient (Wildman–Crippen LogP) is 2.13. The molecule has 1 unspecified atom stereocenters. The molecule has 5 heteroatoms. The van der Waals surface area contributed by atoms with Crippen LogP contribution in [0.4, 0.5) is 4.39 Å². The first-order valence-electron chi connectivity index (χ1n) is 6.54. The zero-order chi connectivity index (χ0) is 13.8. The number of benzene rings is 1. The van der Waals surface area contributed by atoms with Crippen LogP contribution in [0.5, 0.6) is 5.75 Å². The van der Waals surface area contributed by atoms with Crippen molar-refractivity contribution in [1.29, 1.82) is 0 Å². The van der Waals surface area contributed by atoms with Gasteiger partial charge < -0.3 is 10.5 Å². The number of hydrogen-bond donors (Lipinski definition) is 1. The Morgan fingerprint density at radius 3 is 3.05 bits per heavy atom. The lowest BCUT2D eigenvalue weighted by Gasteiger charge is -2.24. The quantitative estimate of drug-likeness (QED) is 0.811. The van der Waals surface area contributed by atoms with Crippen LogP contribution in [0.1, 0.15) is 18.9 Å². The van der Waals surface area contributed by atoms with Crippen LogP contribution in [-0.4, -0.2) is 35.6 Å². The van der Waals surface area contributed by atoms with Gasteiger partial charge in [-0.2, -0.15) is 0 Å². The Bertz CT molecular complexity index is 467. The van der Waals surface area contributed by atoms with Gasteiger partial charge in [0.2, 0.25) is 0 Å². The molecule has 2 rings (SSSR count). The Labute approximate surface area is 118 Å². The summed E-state index contributed by atoms with van der Waals surface area (Å²) in [5.41, 5.74) is 6.54. The Morgan fingerprint density at radius 2 is 2.37 bits per heavy atom. The van der Waals surface area contributed by atoms with Crippen LogP contribution in [0.25, 0.3) is 0 Å². The molecule has 0 spiro atoms. The Hall–Kier alpha value is -1.20. The molecule has 0 saturated carbocycles. The number of fused-ring (bicyclic) bond motifs is 1. The standard InChI is InChI=1S/C14H19FN2OS/c1-2-5-17(9-14(16)19)8-12-7-10-6-11(15)3-4-13(10)18-12/h3-4,6,12H,2,5,7-9H2,1H3,(H2,16,19). The van der Waals surface area contributed by atoms with Gasteiger partial charge in [0.25, 0.3) is 0 Å². The van der Waals surface area contributed by atoms with Crippen molar-refractivity contribution in [3.63, 3.8) is 0 Å². The molecule has 0 aliphatic carbocycles. The van der Waals surface area contributed by atoms with Crippen LogP contribution < -0.4 is 10.5 Å². The lowest BCUT2D eigenvalue weighted by Crippen LogP contribution is -2.40. The largest absolute Gasteiger partial charge is 0.488 e. The van der Waals surface area contributed by atoms with E-state index >= 15 is 0 Å². The number of rotatable bonds is 6. The third kappa shape index (κ3) is 3.88. The molecular weight excluding hydrogens is 263 g/mol. The fraction of sp³-hybridized carbons (Fsp3) is 0.500. The fourth-order valence-electron chi connectivity index (χ4n) is 2.45. The maximum absolute atomic E-state index is 13.1. The number of halogens is 1. The summed E-state index contributed by atoms with van der Waals surface area (Å²) in [5.74, 6) is 0.578. The van der Waals surface area contributed by atoms with Gasteiger partial charge in [0.15, 0.2) is 0 Å². The fourth-order valence-corrected chi connectivity index (χ4v) is 2.63. The second kappa shape index (κ2) is 6.30. The van der Waals surface area contributed by atoms with Gasteiger partial charge >= 0.3 is 0 Å². The minimum atomic E-state index is -0.212. The highest BCUT2D eigenvalue weighted by molar-refractivity contribution is 7.80. The van der Waals surface area contributed by atoms with E-state index in [1.165, 1.54) is 6.07 Å². The van der Waals surface area contributed by atoms with E-state index in [9.17, 15) is 4.39 Å². The number of nitrogens with zero attached hydrogens (tertiary/aromatic N) is 1. The first-order chi connectivity index (χ1) is 9.08. The Kier molecular flexibility index (Phi) is 4.71. The van der Waals surface area contributed by atoms with Gasteiger partial charge in [0.1, 0.15) is 17.7 Å². The van der Waals surface area contributed by atoms with Gasteiger partial charge in [0, 0.05) is 25.1 Å². The summed E-state index contributed by atoms with van der Waals surface area (Å²) in [6.45, 7) is 4.42. The summed E-state index contributed by atoms with van der Waals surface area (Å²) >= 11 is 4.96. The van der Waals surface area contributed by atoms with Gasteiger partial charge in [-0.15, -0.1) is 0 Å². The third-order valence-electron chi connectivity index (χ3n) is 3.14. The summed E-state index contributed by atoms with van der Waals surface area (Å²) in [6.07, 6.45) is 1.83. The summed E-state index contributed by atoms with van der Waals surface area (Å²) in [5, 5.41) is 0. The maximum Gasteiger partial charge on any atom is 0.123 e. The van der Waals surface area contributed by atoms with Crippen molar-refractivity contribution < 1.29 is 9.13 Å². The molecule has 1 aromatic rings. The molecule has 2 N–H and O–H groups in total. The van der Waals surface area contributed by atoms with Crippen molar-refractivity contribution in [2.45, 2.75) is 25.9 Å². The molecule has 0 saturated heterocycles. The van der Waals surface area contributed by atoms with Crippen LogP contribution >= 0.6 is 12.2 Å². The van der Waals surface area contributed by atoms with Crippen LogP contribution in [0.15, 0.2) is 18.2 Å². The molecule has 3 nitrogen and oxygen atoms in total. The molecule has 0 fully saturated rings. The first-order valence-corrected chi connectivity index (χ1v) is 6.95. The number of thiocarbonyl (C=S) groups is 1. The first kappa shape index (κ1) is 14.2. The smallest absolute Gasteiger partial charge is 0.123 e. The van der Waals surface area contributed by atoms with E-state index in [-0.39, 0.29) is 11.9 Å². The molecule has 1 heterocycles. The molecular formula is C14H19FN2OS. The molecule has 0 bridgehead atoms.